The molecular formula is C10H16BrNO2S2. The summed E-state index contributed by atoms with van der Waals surface area (Å²) in [6, 6.07) is 3.49. The Morgan fingerprint density at radius 3 is 2.62 bits per heavy atom. The fourth-order valence-corrected chi connectivity index (χ4v) is 4.52. The smallest absolute Gasteiger partial charge is 0.207 e. The van der Waals surface area contributed by atoms with Crippen LogP contribution in [0.5, 0.6) is 0 Å². The summed E-state index contributed by atoms with van der Waals surface area (Å²) >= 11 is 4.63. The Bertz CT molecular complexity index is 428. The predicted molar refractivity (Wildman–Crippen MR) is 71.9 cm³/mol. The summed E-state index contributed by atoms with van der Waals surface area (Å²) in [5.41, 5.74) is 0. The molecule has 0 saturated heterocycles. The highest BCUT2D eigenvalue weighted by Gasteiger charge is 2.19. The van der Waals surface area contributed by atoms with Crippen LogP contribution in [0.15, 0.2) is 16.3 Å². The standard InChI is InChI=1S/C10H16BrNO2S2/c1-3-9(6-7-11)12-16(13,14)10-5-4-8(2)15-10/h4-5,9,12H,3,6-7H2,1-2H3. The van der Waals surface area contributed by atoms with Crippen LogP contribution >= 0.6 is 27.3 Å². The van der Waals surface area contributed by atoms with E-state index in [1.807, 2.05) is 19.9 Å². The molecule has 0 saturated carbocycles. The van der Waals surface area contributed by atoms with Crippen LogP contribution in [0, 0.1) is 6.92 Å². The van der Waals surface area contributed by atoms with E-state index in [2.05, 4.69) is 20.7 Å². The quantitative estimate of drug-likeness (QED) is 0.817. The Hall–Kier alpha value is 0.0900. The van der Waals surface area contributed by atoms with Gasteiger partial charge in [0.2, 0.25) is 10.0 Å². The van der Waals surface area contributed by atoms with Gasteiger partial charge in [0.05, 0.1) is 0 Å². The van der Waals surface area contributed by atoms with E-state index in [-0.39, 0.29) is 6.04 Å². The highest BCUT2D eigenvalue weighted by Crippen LogP contribution is 2.21. The molecule has 0 aromatic carbocycles. The van der Waals surface area contributed by atoms with Crippen LogP contribution in [0.25, 0.3) is 0 Å². The molecule has 1 aromatic heterocycles. The maximum Gasteiger partial charge on any atom is 0.250 e. The van der Waals surface area contributed by atoms with Crippen LogP contribution in [-0.4, -0.2) is 19.8 Å². The molecule has 1 unspecified atom stereocenters. The second kappa shape index (κ2) is 6.14. The van der Waals surface area contributed by atoms with Crippen molar-refractivity contribution >= 4 is 37.3 Å². The van der Waals surface area contributed by atoms with Crippen molar-refractivity contribution in [2.45, 2.75) is 36.9 Å². The summed E-state index contributed by atoms with van der Waals surface area (Å²) in [5, 5.41) is 0.803. The van der Waals surface area contributed by atoms with E-state index >= 15 is 0 Å². The molecule has 0 fully saturated rings. The number of nitrogens with one attached hydrogen (secondary N) is 1. The van der Waals surface area contributed by atoms with E-state index in [1.165, 1.54) is 11.3 Å². The first-order chi connectivity index (χ1) is 7.49. The van der Waals surface area contributed by atoms with Gasteiger partial charge in [-0.1, -0.05) is 22.9 Å². The summed E-state index contributed by atoms with van der Waals surface area (Å²) in [6.07, 6.45) is 1.61. The van der Waals surface area contributed by atoms with Gasteiger partial charge < -0.3 is 0 Å². The number of thiophene rings is 1. The number of halogens is 1. The summed E-state index contributed by atoms with van der Waals surface area (Å²) in [4.78, 5) is 1.01. The Kier molecular flexibility index (Phi) is 5.43. The second-order valence-electron chi connectivity index (χ2n) is 3.57. The van der Waals surface area contributed by atoms with Gasteiger partial charge in [-0.25, -0.2) is 13.1 Å². The fourth-order valence-electron chi connectivity index (χ4n) is 1.31. The molecule has 0 aliphatic carbocycles. The van der Waals surface area contributed by atoms with E-state index in [0.717, 1.165) is 23.0 Å². The van der Waals surface area contributed by atoms with Gasteiger partial charge in [0.25, 0.3) is 0 Å². The van der Waals surface area contributed by atoms with Gasteiger partial charge in [0, 0.05) is 16.2 Å². The number of hydrogen-bond acceptors (Lipinski definition) is 3. The molecule has 0 aliphatic rings. The lowest BCUT2D eigenvalue weighted by atomic mass is 10.2. The maximum atomic E-state index is 12.0. The van der Waals surface area contributed by atoms with Crippen LogP contribution in [0.2, 0.25) is 0 Å². The van der Waals surface area contributed by atoms with Crippen LogP contribution in [0.1, 0.15) is 24.6 Å². The van der Waals surface area contributed by atoms with Crippen molar-refractivity contribution in [3.05, 3.63) is 17.0 Å². The molecule has 0 spiro atoms. The maximum absolute atomic E-state index is 12.0. The average Bonchev–Trinajstić information content (AvgIpc) is 2.64. The van der Waals surface area contributed by atoms with E-state index in [0.29, 0.717) is 4.21 Å². The van der Waals surface area contributed by atoms with Crippen LogP contribution < -0.4 is 4.72 Å². The fraction of sp³-hybridized carbons (Fsp3) is 0.600. The van der Waals surface area contributed by atoms with Crippen molar-refractivity contribution in [1.82, 2.24) is 4.72 Å². The minimum atomic E-state index is -3.33. The molecule has 1 rings (SSSR count). The molecule has 0 bridgehead atoms. The van der Waals surface area contributed by atoms with Crippen LogP contribution in [0.3, 0.4) is 0 Å². The zero-order chi connectivity index (χ0) is 12.2. The number of aryl methyl sites for hydroxylation is 1. The molecule has 6 heteroatoms. The van der Waals surface area contributed by atoms with E-state index in [1.54, 1.807) is 6.07 Å². The van der Waals surface area contributed by atoms with Crippen LogP contribution in [0.4, 0.5) is 0 Å². The molecule has 1 aromatic rings. The van der Waals surface area contributed by atoms with E-state index < -0.39 is 10.0 Å². The van der Waals surface area contributed by atoms with E-state index in [4.69, 9.17) is 0 Å². The third-order valence-electron chi connectivity index (χ3n) is 2.25. The third kappa shape index (κ3) is 3.84. The minimum Gasteiger partial charge on any atom is -0.207 e. The van der Waals surface area contributed by atoms with Crippen LogP contribution in [-0.2, 0) is 10.0 Å². The molecule has 92 valence electrons. The van der Waals surface area contributed by atoms with Gasteiger partial charge in [-0.3, -0.25) is 0 Å². The lowest BCUT2D eigenvalue weighted by Crippen LogP contribution is -2.34. The molecule has 16 heavy (non-hydrogen) atoms. The van der Waals surface area contributed by atoms with Crippen molar-refractivity contribution < 1.29 is 8.42 Å². The number of alkyl halides is 1. The molecule has 1 atom stereocenters. The van der Waals surface area contributed by atoms with Gasteiger partial charge in [-0.05, 0) is 31.9 Å². The first kappa shape index (κ1) is 14.2. The topological polar surface area (TPSA) is 46.2 Å². The monoisotopic (exact) mass is 325 g/mol. The Labute approximate surface area is 109 Å². The molecule has 3 nitrogen and oxygen atoms in total. The van der Waals surface area contributed by atoms with Crippen molar-refractivity contribution in [2.75, 3.05) is 5.33 Å². The van der Waals surface area contributed by atoms with Crippen molar-refractivity contribution in [3.8, 4) is 0 Å². The first-order valence-electron chi connectivity index (χ1n) is 5.14. The Morgan fingerprint density at radius 2 is 2.19 bits per heavy atom. The summed E-state index contributed by atoms with van der Waals surface area (Å²) in [5.74, 6) is 0. The Morgan fingerprint density at radius 1 is 1.50 bits per heavy atom. The van der Waals surface area contributed by atoms with Gasteiger partial charge >= 0.3 is 0 Å². The molecule has 0 amide bonds. The normalized spacial score (nSPS) is 13.9. The number of rotatable bonds is 6. The molecule has 0 radical (unpaired) electrons. The summed E-state index contributed by atoms with van der Waals surface area (Å²) in [7, 11) is -3.33. The SMILES string of the molecule is CCC(CCBr)NS(=O)(=O)c1ccc(C)s1. The summed E-state index contributed by atoms with van der Waals surface area (Å²) < 4.78 is 27.1. The number of sulfonamides is 1. The van der Waals surface area contributed by atoms with Gasteiger partial charge in [0.15, 0.2) is 0 Å². The van der Waals surface area contributed by atoms with Gasteiger partial charge in [0.1, 0.15) is 4.21 Å². The highest BCUT2D eigenvalue weighted by atomic mass is 79.9. The summed E-state index contributed by atoms with van der Waals surface area (Å²) in [6.45, 7) is 3.88. The van der Waals surface area contributed by atoms with E-state index in [9.17, 15) is 8.42 Å². The molecule has 1 N–H and O–H groups in total. The van der Waals surface area contributed by atoms with Crippen molar-refractivity contribution in [1.29, 1.82) is 0 Å². The second-order valence-corrected chi connectivity index (χ2v) is 7.59. The third-order valence-corrected chi connectivity index (χ3v) is 5.72. The van der Waals surface area contributed by atoms with Gasteiger partial charge in [-0.15, -0.1) is 11.3 Å². The lowest BCUT2D eigenvalue weighted by Gasteiger charge is -2.14. The number of hydrogen-bond donors (Lipinski definition) is 1. The average molecular weight is 326 g/mol. The Balaban J connectivity index is 2.78. The highest BCUT2D eigenvalue weighted by molar-refractivity contribution is 9.09. The minimum absolute atomic E-state index is 0.00628. The lowest BCUT2D eigenvalue weighted by molar-refractivity contribution is 0.534. The van der Waals surface area contributed by atoms with Gasteiger partial charge in [-0.2, -0.15) is 0 Å². The predicted octanol–water partition coefficient (Wildman–Crippen LogP) is 2.90. The molecule has 0 aliphatic heterocycles. The zero-order valence-electron chi connectivity index (χ0n) is 9.36. The largest absolute Gasteiger partial charge is 0.250 e. The first-order valence-corrected chi connectivity index (χ1v) is 8.56. The van der Waals surface area contributed by atoms with Crippen molar-refractivity contribution in [3.63, 3.8) is 0 Å². The zero-order valence-corrected chi connectivity index (χ0v) is 12.6. The molecular weight excluding hydrogens is 310 g/mol. The molecule has 1 heterocycles. The van der Waals surface area contributed by atoms with Crippen molar-refractivity contribution in [2.24, 2.45) is 0 Å².